The Morgan fingerprint density at radius 1 is 1.15 bits per heavy atom. The molecule has 0 aromatic carbocycles. The summed E-state index contributed by atoms with van der Waals surface area (Å²) in [6, 6.07) is 10.2. The lowest BCUT2D eigenvalue weighted by Gasteiger charge is -2.40. The highest BCUT2D eigenvalue weighted by molar-refractivity contribution is 5.89. The van der Waals surface area contributed by atoms with Crippen LogP contribution in [0.3, 0.4) is 0 Å². The number of pyridine rings is 2. The fraction of sp³-hybridized carbons (Fsp3) is 0.391. The van der Waals surface area contributed by atoms with Gasteiger partial charge in [0.1, 0.15) is 11.7 Å². The number of hydrogen-bond acceptors (Lipinski definition) is 8. The molecule has 9 nitrogen and oxygen atoms in total. The van der Waals surface area contributed by atoms with Crippen molar-refractivity contribution in [1.29, 1.82) is 0 Å². The molecule has 0 saturated carbocycles. The predicted octanol–water partition coefficient (Wildman–Crippen LogP) is 2.78. The molecule has 10 heteroatoms. The molecule has 4 aromatic heterocycles. The maximum absolute atomic E-state index is 12.9. The molecule has 33 heavy (non-hydrogen) atoms. The molecule has 6 rings (SSSR count). The molecule has 0 bridgehead atoms. The van der Waals surface area contributed by atoms with E-state index < -0.39 is 6.17 Å². The normalized spacial score (nSPS) is 19.2. The lowest BCUT2D eigenvalue weighted by atomic mass is 10.1. The Hall–Kier alpha value is -3.37. The number of rotatable bonds is 3. The quantitative estimate of drug-likeness (QED) is 0.491. The van der Waals surface area contributed by atoms with Gasteiger partial charge in [-0.3, -0.25) is 9.88 Å². The van der Waals surface area contributed by atoms with Crippen molar-refractivity contribution in [2.45, 2.75) is 25.1 Å². The Bertz CT molecular complexity index is 1260. The SMILES string of the molecule is CNc1nc(N)nn2ccc(-c3ccc4ncccc4n3)c12.F[C@@H]1CCCN(C2COC2)C1. The van der Waals surface area contributed by atoms with Crippen molar-refractivity contribution in [2.24, 2.45) is 0 Å². The van der Waals surface area contributed by atoms with Crippen LogP contribution in [0.1, 0.15) is 12.8 Å². The number of ether oxygens (including phenoxy) is 1. The van der Waals surface area contributed by atoms with Crippen molar-refractivity contribution < 1.29 is 9.13 Å². The fourth-order valence-electron chi connectivity index (χ4n) is 4.25. The van der Waals surface area contributed by atoms with Crippen molar-refractivity contribution in [1.82, 2.24) is 29.5 Å². The summed E-state index contributed by atoms with van der Waals surface area (Å²) in [5, 5.41) is 7.25. The zero-order chi connectivity index (χ0) is 22.8. The van der Waals surface area contributed by atoms with Crippen LogP contribution in [0.2, 0.25) is 0 Å². The van der Waals surface area contributed by atoms with Crippen molar-refractivity contribution in [3.63, 3.8) is 0 Å². The molecule has 0 aliphatic carbocycles. The number of hydrogen-bond donors (Lipinski definition) is 2. The molecule has 0 radical (unpaired) electrons. The molecule has 3 N–H and O–H groups in total. The molecule has 0 spiro atoms. The van der Waals surface area contributed by atoms with Gasteiger partial charge in [0.05, 0.1) is 36.0 Å². The molecule has 1 atom stereocenters. The van der Waals surface area contributed by atoms with Gasteiger partial charge in [0, 0.05) is 31.5 Å². The van der Waals surface area contributed by atoms with E-state index in [2.05, 4.69) is 30.3 Å². The molecule has 2 saturated heterocycles. The number of anilines is 2. The first-order valence-corrected chi connectivity index (χ1v) is 11.1. The molecule has 2 aliphatic heterocycles. The number of halogens is 1. The second kappa shape index (κ2) is 9.24. The van der Waals surface area contributed by atoms with Crippen LogP contribution in [0, 0.1) is 0 Å². The number of nitrogen functional groups attached to an aromatic ring is 1. The first kappa shape index (κ1) is 21.5. The van der Waals surface area contributed by atoms with E-state index >= 15 is 0 Å². The highest BCUT2D eigenvalue weighted by Gasteiger charge is 2.30. The van der Waals surface area contributed by atoms with E-state index in [0.717, 1.165) is 60.4 Å². The maximum Gasteiger partial charge on any atom is 0.240 e. The molecule has 2 fully saturated rings. The van der Waals surface area contributed by atoms with Gasteiger partial charge in [-0.1, -0.05) is 0 Å². The number of aromatic nitrogens is 5. The predicted molar refractivity (Wildman–Crippen MR) is 126 cm³/mol. The average molecular weight is 451 g/mol. The summed E-state index contributed by atoms with van der Waals surface area (Å²) in [5.74, 6) is 0.884. The summed E-state index contributed by atoms with van der Waals surface area (Å²) in [6.07, 6.45) is 4.78. The van der Waals surface area contributed by atoms with E-state index in [4.69, 9.17) is 10.5 Å². The fourth-order valence-corrected chi connectivity index (χ4v) is 4.25. The third kappa shape index (κ3) is 4.44. The monoisotopic (exact) mass is 450 g/mol. The number of piperidine rings is 1. The van der Waals surface area contributed by atoms with Crippen LogP contribution < -0.4 is 11.1 Å². The van der Waals surface area contributed by atoms with Crippen LogP contribution in [0.25, 0.3) is 27.8 Å². The summed E-state index contributed by atoms with van der Waals surface area (Å²) in [4.78, 5) is 15.4. The van der Waals surface area contributed by atoms with Gasteiger partial charge in [-0.05, 0) is 49.7 Å². The van der Waals surface area contributed by atoms with E-state index in [1.807, 2.05) is 36.5 Å². The largest absolute Gasteiger partial charge is 0.378 e. The van der Waals surface area contributed by atoms with Crippen LogP contribution in [-0.2, 0) is 4.74 Å². The number of fused-ring (bicyclic) bond motifs is 2. The molecule has 172 valence electrons. The Kier molecular flexibility index (Phi) is 6.01. The first-order chi connectivity index (χ1) is 16.1. The van der Waals surface area contributed by atoms with Crippen LogP contribution in [0.4, 0.5) is 16.2 Å². The van der Waals surface area contributed by atoms with Crippen molar-refractivity contribution in [3.8, 4) is 11.3 Å². The van der Waals surface area contributed by atoms with E-state index in [0.29, 0.717) is 18.4 Å². The molecule has 4 aromatic rings. The summed E-state index contributed by atoms with van der Waals surface area (Å²) in [5.41, 5.74) is 10.1. The average Bonchev–Trinajstić information content (AvgIpc) is 3.21. The van der Waals surface area contributed by atoms with Gasteiger partial charge >= 0.3 is 0 Å². The van der Waals surface area contributed by atoms with Gasteiger partial charge in [-0.2, -0.15) is 4.98 Å². The molecule has 6 heterocycles. The van der Waals surface area contributed by atoms with Crippen molar-refractivity contribution >= 4 is 28.3 Å². The molecule has 0 unspecified atom stereocenters. The summed E-state index contributed by atoms with van der Waals surface area (Å²) in [7, 11) is 1.80. The number of nitrogens with two attached hydrogens (primary N) is 1. The molecule has 2 aliphatic rings. The third-order valence-corrected chi connectivity index (χ3v) is 6.03. The number of likely N-dealkylation sites (tertiary alicyclic amines) is 1. The highest BCUT2D eigenvalue weighted by Crippen LogP contribution is 2.29. The van der Waals surface area contributed by atoms with Gasteiger partial charge in [-0.15, -0.1) is 5.10 Å². The van der Waals surface area contributed by atoms with E-state index in [-0.39, 0.29) is 5.95 Å². The molecule has 0 amide bonds. The Labute approximate surface area is 190 Å². The minimum absolute atomic E-state index is 0.217. The lowest BCUT2D eigenvalue weighted by Crippen LogP contribution is -2.52. The van der Waals surface area contributed by atoms with Gasteiger partial charge in [-0.25, -0.2) is 13.9 Å². The van der Waals surface area contributed by atoms with E-state index in [1.54, 1.807) is 17.8 Å². The topological polar surface area (TPSA) is 106 Å². The van der Waals surface area contributed by atoms with Gasteiger partial charge in [0.2, 0.25) is 5.95 Å². The third-order valence-electron chi connectivity index (χ3n) is 6.03. The Morgan fingerprint density at radius 2 is 2.03 bits per heavy atom. The molecular formula is C23H27FN8O. The Morgan fingerprint density at radius 3 is 2.79 bits per heavy atom. The number of alkyl halides is 1. The standard InChI is InChI=1S/C15H13N7.C8H14FNO/c1-17-14-13-9(6-8-22(13)21-15(16)20-14)10-4-5-11-12(19-10)3-2-7-18-11;9-7-2-1-3-10(4-7)8-5-11-6-8/h2-8H,1H3,(H3,16,17,20,21);7-8H,1-6H2/t;7-/m.1/s1. The number of nitrogens with one attached hydrogen (secondary N) is 1. The van der Waals surface area contributed by atoms with Gasteiger partial charge in [0.25, 0.3) is 0 Å². The van der Waals surface area contributed by atoms with Gasteiger partial charge in [0.15, 0.2) is 5.82 Å². The zero-order valence-electron chi connectivity index (χ0n) is 18.5. The minimum atomic E-state index is -0.593. The maximum atomic E-state index is 12.9. The van der Waals surface area contributed by atoms with E-state index in [9.17, 15) is 4.39 Å². The van der Waals surface area contributed by atoms with Crippen LogP contribution in [0.5, 0.6) is 0 Å². The number of nitrogens with zero attached hydrogens (tertiary/aromatic N) is 6. The zero-order valence-corrected chi connectivity index (χ0v) is 18.5. The second-order valence-corrected chi connectivity index (χ2v) is 8.26. The highest BCUT2D eigenvalue weighted by atomic mass is 19.1. The van der Waals surface area contributed by atoms with E-state index in [1.165, 1.54) is 0 Å². The summed E-state index contributed by atoms with van der Waals surface area (Å²) in [6.45, 7) is 3.32. The lowest BCUT2D eigenvalue weighted by molar-refractivity contribution is -0.0780. The van der Waals surface area contributed by atoms with Crippen molar-refractivity contribution in [2.75, 3.05) is 44.4 Å². The van der Waals surface area contributed by atoms with Crippen LogP contribution in [-0.4, -0.2) is 75.0 Å². The van der Waals surface area contributed by atoms with Crippen LogP contribution in [0.15, 0.2) is 42.7 Å². The van der Waals surface area contributed by atoms with Crippen LogP contribution >= 0.6 is 0 Å². The second-order valence-electron chi connectivity index (χ2n) is 8.26. The summed E-state index contributed by atoms with van der Waals surface area (Å²) >= 11 is 0. The smallest absolute Gasteiger partial charge is 0.240 e. The summed E-state index contributed by atoms with van der Waals surface area (Å²) < 4.78 is 19.6. The Balaban J connectivity index is 0.000000174. The van der Waals surface area contributed by atoms with Gasteiger partial charge < -0.3 is 15.8 Å². The first-order valence-electron chi connectivity index (χ1n) is 11.1. The molecular weight excluding hydrogens is 423 g/mol. The van der Waals surface area contributed by atoms with Crippen molar-refractivity contribution in [3.05, 3.63) is 42.7 Å². The minimum Gasteiger partial charge on any atom is -0.378 e.